The minimum atomic E-state index is -3.63. The summed E-state index contributed by atoms with van der Waals surface area (Å²) in [5, 5.41) is 0.309. The van der Waals surface area contributed by atoms with E-state index in [9.17, 15) is 13.2 Å². The number of ether oxygens (including phenoxy) is 3. The summed E-state index contributed by atoms with van der Waals surface area (Å²) in [4.78, 5) is 14.6. The van der Waals surface area contributed by atoms with Crippen molar-refractivity contribution < 1.29 is 27.4 Å². The number of halogens is 1. The molecule has 0 aliphatic carbocycles. The molecule has 1 fully saturated rings. The minimum absolute atomic E-state index is 0.0641. The Labute approximate surface area is 173 Å². The summed E-state index contributed by atoms with van der Waals surface area (Å²) in [7, 11) is -2.11. The topological polar surface area (TPSA) is 85.4 Å². The van der Waals surface area contributed by atoms with Crippen molar-refractivity contribution in [2.45, 2.75) is 4.90 Å². The van der Waals surface area contributed by atoms with Crippen LogP contribution in [0.4, 0.5) is 0 Å². The van der Waals surface area contributed by atoms with E-state index in [1.54, 1.807) is 23.1 Å². The molecule has 0 radical (unpaired) electrons. The molecule has 1 saturated heterocycles. The Balaban J connectivity index is 1.45. The normalized spacial score (nSPS) is 16.7. The molecular weight excluding hydrogens is 420 g/mol. The zero-order valence-corrected chi connectivity index (χ0v) is 17.2. The number of carbonyl (C=O) groups is 1. The fourth-order valence-corrected chi connectivity index (χ4v) is 4.99. The van der Waals surface area contributed by atoms with E-state index >= 15 is 0 Å². The summed E-state index contributed by atoms with van der Waals surface area (Å²) in [5.74, 6) is 1.22. The van der Waals surface area contributed by atoms with Crippen LogP contribution in [0.15, 0.2) is 41.3 Å². The number of sulfonamides is 1. The maximum absolute atomic E-state index is 12.8. The van der Waals surface area contributed by atoms with Crippen molar-refractivity contribution in [1.29, 1.82) is 0 Å². The first-order valence-electron chi connectivity index (χ1n) is 8.93. The van der Waals surface area contributed by atoms with E-state index < -0.39 is 10.0 Å². The van der Waals surface area contributed by atoms with Crippen LogP contribution in [0.25, 0.3) is 0 Å². The van der Waals surface area contributed by atoms with Gasteiger partial charge in [-0.3, -0.25) is 4.79 Å². The third-order valence-electron chi connectivity index (χ3n) is 4.90. The van der Waals surface area contributed by atoms with Crippen LogP contribution in [0.5, 0.6) is 17.2 Å². The smallest absolute Gasteiger partial charge is 0.254 e. The van der Waals surface area contributed by atoms with E-state index in [1.807, 2.05) is 0 Å². The predicted octanol–water partition coefficient (Wildman–Crippen LogP) is 2.22. The molecule has 0 aromatic heterocycles. The second-order valence-electron chi connectivity index (χ2n) is 6.56. The highest BCUT2D eigenvalue weighted by Gasteiger charge is 2.31. The lowest BCUT2D eigenvalue weighted by molar-refractivity contribution is 0.0697. The summed E-state index contributed by atoms with van der Waals surface area (Å²) < 4.78 is 42.7. The van der Waals surface area contributed by atoms with E-state index in [0.717, 1.165) is 0 Å². The number of rotatable bonds is 4. The fourth-order valence-electron chi connectivity index (χ4n) is 3.30. The second kappa shape index (κ2) is 7.74. The summed E-state index contributed by atoms with van der Waals surface area (Å²) in [6, 6.07) is 9.38. The van der Waals surface area contributed by atoms with Crippen LogP contribution in [0, 0.1) is 0 Å². The van der Waals surface area contributed by atoms with Crippen molar-refractivity contribution in [2.24, 2.45) is 0 Å². The molecular formula is C19H19ClN2O6S. The Morgan fingerprint density at radius 3 is 2.41 bits per heavy atom. The zero-order valence-electron chi connectivity index (χ0n) is 15.6. The molecule has 8 nitrogen and oxygen atoms in total. The summed E-state index contributed by atoms with van der Waals surface area (Å²) in [6.07, 6.45) is 0. The molecule has 0 N–H and O–H groups in total. The standard InChI is InChI=1S/C19H19ClN2O6S/c1-26-14-2-4-15(5-3-14)29(24,25)22-8-6-21(7-9-22)19(23)13-10-16(20)18-17(11-13)27-12-28-18/h2-5,10-11H,6-9,12H2,1H3. The first kappa shape index (κ1) is 19.8. The predicted molar refractivity (Wildman–Crippen MR) is 105 cm³/mol. The number of methoxy groups -OCH3 is 1. The molecule has 0 spiro atoms. The van der Waals surface area contributed by atoms with Crippen LogP contribution in [-0.4, -0.2) is 63.6 Å². The third-order valence-corrected chi connectivity index (χ3v) is 7.09. The van der Waals surface area contributed by atoms with Gasteiger partial charge in [0, 0.05) is 31.7 Å². The monoisotopic (exact) mass is 438 g/mol. The third kappa shape index (κ3) is 3.73. The molecule has 2 heterocycles. The lowest BCUT2D eigenvalue weighted by Crippen LogP contribution is -2.50. The number of carbonyl (C=O) groups excluding carboxylic acids is 1. The molecule has 2 aromatic carbocycles. The molecule has 29 heavy (non-hydrogen) atoms. The molecule has 0 saturated carbocycles. The lowest BCUT2D eigenvalue weighted by Gasteiger charge is -2.34. The van der Waals surface area contributed by atoms with Gasteiger partial charge in [-0.1, -0.05) is 11.6 Å². The Hall–Kier alpha value is -2.49. The van der Waals surface area contributed by atoms with Crippen LogP contribution >= 0.6 is 11.6 Å². The van der Waals surface area contributed by atoms with Crippen molar-refractivity contribution >= 4 is 27.5 Å². The molecule has 4 rings (SSSR count). The van der Waals surface area contributed by atoms with Gasteiger partial charge in [0.05, 0.1) is 17.0 Å². The zero-order chi connectivity index (χ0) is 20.6. The maximum atomic E-state index is 12.8. The van der Waals surface area contributed by atoms with Crippen LogP contribution in [-0.2, 0) is 10.0 Å². The molecule has 1 amide bonds. The Morgan fingerprint density at radius 2 is 1.76 bits per heavy atom. The second-order valence-corrected chi connectivity index (χ2v) is 8.91. The number of fused-ring (bicyclic) bond motifs is 1. The van der Waals surface area contributed by atoms with Crippen molar-refractivity contribution in [3.63, 3.8) is 0 Å². The molecule has 0 unspecified atom stereocenters. The summed E-state index contributed by atoms with van der Waals surface area (Å²) >= 11 is 6.16. The highest BCUT2D eigenvalue weighted by atomic mass is 35.5. The highest BCUT2D eigenvalue weighted by Crippen LogP contribution is 2.40. The quantitative estimate of drug-likeness (QED) is 0.727. The van der Waals surface area contributed by atoms with Crippen LogP contribution < -0.4 is 14.2 Å². The van der Waals surface area contributed by atoms with Crippen molar-refractivity contribution in [3.8, 4) is 17.2 Å². The number of nitrogens with zero attached hydrogens (tertiary/aromatic N) is 2. The Morgan fingerprint density at radius 1 is 1.07 bits per heavy atom. The molecule has 2 aromatic rings. The van der Waals surface area contributed by atoms with Gasteiger partial charge in [-0.15, -0.1) is 0 Å². The number of hydrogen-bond acceptors (Lipinski definition) is 6. The van der Waals surface area contributed by atoms with Crippen LogP contribution in [0.2, 0.25) is 5.02 Å². The van der Waals surface area contributed by atoms with Crippen molar-refractivity contribution in [1.82, 2.24) is 9.21 Å². The van der Waals surface area contributed by atoms with Crippen LogP contribution in [0.3, 0.4) is 0 Å². The van der Waals surface area contributed by atoms with Gasteiger partial charge in [0.1, 0.15) is 5.75 Å². The van der Waals surface area contributed by atoms with E-state index in [4.69, 9.17) is 25.8 Å². The van der Waals surface area contributed by atoms with E-state index in [1.165, 1.54) is 29.6 Å². The minimum Gasteiger partial charge on any atom is -0.497 e. The molecule has 0 bridgehead atoms. The van der Waals surface area contributed by atoms with Gasteiger partial charge in [0.25, 0.3) is 5.91 Å². The fraction of sp³-hybridized carbons (Fsp3) is 0.316. The molecule has 0 atom stereocenters. The largest absolute Gasteiger partial charge is 0.497 e. The molecule has 2 aliphatic heterocycles. The number of piperazine rings is 1. The van der Waals surface area contributed by atoms with E-state index in [2.05, 4.69) is 0 Å². The van der Waals surface area contributed by atoms with Gasteiger partial charge in [0.2, 0.25) is 16.8 Å². The lowest BCUT2D eigenvalue weighted by atomic mass is 10.1. The number of benzene rings is 2. The van der Waals surface area contributed by atoms with Gasteiger partial charge in [-0.05, 0) is 36.4 Å². The number of amides is 1. The highest BCUT2D eigenvalue weighted by molar-refractivity contribution is 7.89. The number of hydrogen-bond donors (Lipinski definition) is 0. The SMILES string of the molecule is COc1ccc(S(=O)(=O)N2CCN(C(=O)c3cc(Cl)c4c(c3)OCO4)CC2)cc1. The van der Waals surface area contributed by atoms with Gasteiger partial charge in [-0.25, -0.2) is 8.42 Å². The average Bonchev–Trinajstić information content (AvgIpc) is 3.23. The summed E-state index contributed by atoms with van der Waals surface area (Å²) in [5.41, 5.74) is 0.380. The van der Waals surface area contributed by atoms with E-state index in [0.29, 0.717) is 27.8 Å². The van der Waals surface area contributed by atoms with Gasteiger partial charge < -0.3 is 19.1 Å². The van der Waals surface area contributed by atoms with Crippen molar-refractivity contribution in [2.75, 3.05) is 40.1 Å². The van der Waals surface area contributed by atoms with Crippen LogP contribution in [0.1, 0.15) is 10.4 Å². The average molecular weight is 439 g/mol. The van der Waals surface area contributed by atoms with Crippen molar-refractivity contribution in [3.05, 3.63) is 47.0 Å². The first-order valence-corrected chi connectivity index (χ1v) is 10.7. The summed E-state index contributed by atoms with van der Waals surface area (Å²) in [6.45, 7) is 1.03. The van der Waals surface area contributed by atoms with Gasteiger partial charge in [-0.2, -0.15) is 4.31 Å². The van der Waals surface area contributed by atoms with Gasteiger partial charge >= 0.3 is 0 Å². The van der Waals surface area contributed by atoms with Gasteiger partial charge in [0.15, 0.2) is 11.5 Å². The molecule has 154 valence electrons. The van der Waals surface area contributed by atoms with E-state index in [-0.39, 0.29) is 43.8 Å². The maximum Gasteiger partial charge on any atom is 0.254 e. The molecule has 2 aliphatic rings. The molecule has 10 heteroatoms. The Kier molecular flexibility index (Phi) is 5.28. The Bertz CT molecular complexity index is 1030. The first-order chi connectivity index (χ1) is 13.9.